The van der Waals surface area contributed by atoms with Crippen molar-refractivity contribution in [3.05, 3.63) is 0 Å². The van der Waals surface area contributed by atoms with Gasteiger partial charge in [0, 0.05) is 32.2 Å². The maximum Gasteiger partial charge on any atom is 0.406 e. The van der Waals surface area contributed by atoms with E-state index in [1.165, 1.54) is 0 Å². The van der Waals surface area contributed by atoms with Gasteiger partial charge in [0.25, 0.3) is 0 Å². The van der Waals surface area contributed by atoms with Crippen molar-refractivity contribution in [3.63, 3.8) is 0 Å². The van der Waals surface area contributed by atoms with Crippen LogP contribution in [0.1, 0.15) is 40.5 Å². The van der Waals surface area contributed by atoms with Crippen molar-refractivity contribution in [3.8, 4) is 0 Å². The quantitative estimate of drug-likeness (QED) is 0.666. The normalized spacial score (nSPS) is 28.1. The van der Waals surface area contributed by atoms with Crippen molar-refractivity contribution >= 4 is 5.91 Å². The Kier molecular flexibility index (Phi) is 7.94. The van der Waals surface area contributed by atoms with Crippen LogP contribution in [-0.2, 0) is 9.53 Å². The number of carbonyl (C=O) groups excluding carboxylic acids is 1. The number of likely N-dealkylation sites (tertiary alicyclic amines) is 1. The molecule has 158 valence electrons. The van der Waals surface area contributed by atoms with Crippen LogP contribution in [0.4, 0.5) is 13.2 Å². The number of morpholine rings is 1. The average molecular weight is 393 g/mol. The van der Waals surface area contributed by atoms with Crippen molar-refractivity contribution in [1.82, 2.24) is 14.7 Å². The third-order valence-electron chi connectivity index (χ3n) is 5.11. The molecule has 2 saturated heterocycles. The topological polar surface area (TPSA) is 36.0 Å². The summed E-state index contributed by atoms with van der Waals surface area (Å²) < 4.78 is 44.4. The average Bonchev–Trinajstić information content (AvgIpc) is 2.90. The highest BCUT2D eigenvalue weighted by Crippen LogP contribution is 2.22. The predicted molar refractivity (Wildman–Crippen MR) is 98.5 cm³/mol. The molecule has 3 atom stereocenters. The minimum atomic E-state index is -4.37. The summed E-state index contributed by atoms with van der Waals surface area (Å²) in [6, 6.07) is 0.221. The molecule has 8 heteroatoms. The zero-order valence-corrected chi connectivity index (χ0v) is 17.0. The molecule has 0 bridgehead atoms. The molecule has 0 radical (unpaired) electrons. The smallest absolute Gasteiger partial charge is 0.373 e. The van der Waals surface area contributed by atoms with Gasteiger partial charge >= 0.3 is 6.18 Å². The molecule has 2 aliphatic heterocycles. The van der Waals surface area contributed by atoms with E-state index >= 15 is 0 Å². The van der Waals surface area contributed by atoms with Gasteiger partial charge in [-0.2, -0.15) is 13.2 Å². The van der Waals surface area contributed by atoms with Crippen LogP contribution in [0.25, 0.3) is 0 Å². The number of hydrogen-bond acceptors (Lipinski definition) is 4. The Labute approximate surface area is 160 Å². The molecule has 0 saturated carbocycles. The number of halogens is 3. The number of carbonyl (C=O) groups is 1. The molecule has 3 unspecified atom stereocenters. The minimum Gasteiger partial charge on any atom is -0.373 e. The first kappa shape index (κ1) is 22.4. The van der Waals surface area contributed by atoms with E-state index in [1.54, 1.807) is 0 Å². The van der Waals surface area contributed by atoms with E-state index in [1.807, 2.05) is 13.8 Å². The van der Waals surface area contributed by atoms with Crippen LogP contribution in [0.3, 0.4) is 0 Å². The highest BCUT2D eigenvalue weighted by atomic mass is 19.4. The molecule has 2 heterocycles. The lowest BCUT2D eigenvalue weighted by atomic mass is 10.1. The van der Waals surface area contributed by atoms with Gasteiger partial charge in [-0.05, 0) is 39.2 Å². The number of ether oxygens (including phenoxy) is 1. The third-order valence-corrected chi connectivity index (χ3v) is 5.11. The summed E-state index contributed by atoms with van der Waals surface area (Å²) in [4.78, 5) is 18.0. The van der Waals surface area contributed by atoms with Gasteiger partial charge in [-0.3, -0.25) is 14.6 Å². The second-order valence-electron chi connectivity index (χ2n) is 8.53. The third kappa shape index (κ3) is 7.58. The van der Waals surface area contributed by atoms with Crippen LogP contribution in [0.5, 0.6) is 0 Å². The van der Waals surface area contributed by atoms with E-state index in [9.17, 15) is 18.0 Å². The Balaban J connectivity index is 1.93. The van der Waals surface area contributed by atoms with Crippen LogP contribution in [0, 0.1) is 5.92 Å². The molecule has 0 spiro atoms. The van der Waals surface area contributed by atoms with Crippen molar-refractivity contribution in [1.29, 1.82) is 0 Å². The van der Waals surface area contributed by atoms with Gasteiger partial charge in [0.05, 0.1) is 18.8 Å². The summed E-state index contributed by atoms with van der Waals surface area (Å²) in [5.74, 6) is -0.418. The summed E-state index contributed by atoms with van der Waals surface area (Å²) >= 11 is 0. The largest absolute Gasteiger partial charge is 0.406 e. The molecule has 0 N–H and O–H groups in total. The minimum absolute atomic E-state index is 0.00185. The molecule has 2 aliphatic rings. The maximum atomic E-state index is 12.9. The van der Waals surface area contributed by atoms with E-state index in [2.05, 4.69) is 23.6 Å². The maximum absolute atomic E-state index is 12.9. The van der Waals surface area contributed by atoms with Gasteiger partial charge in [-0.15, -0.1) is 0 Å². The van der Waals surface area contributed by atoms with Crippen molar-refractivity contribution < 1.29 is 22.7 Å². The molecule has 0 aromatic heterocycles. The van der Waals surface area contributed by atoms with Gasteiger partial charge in [-0.1, -0.05) is 13.8 Å². The molecule has 0 aromatic rings. The summed E-state index contributed by atoms with van der Waals surface area (Å²) in [6.07, 6.45) is -2.04. The van der Waals surface area contributed by atoms with E-state index < -0.39 is 18.6 Å². The second kappa shape index (κ2) is 9.56. The molecule has 2 fully saturated rings. The number of nitrogens with zero attached hydrogens (tertiary/aromatic N) is 3. The standard InChI is InChI=1S/C19H34F3N3O2/c1-14(2)8-25(13-19(20,21)22)18(26)12-24-7-5-6-17(24)11-23-9-15(3)27-16(4)10-23/h14-17H,5-13H2,1-4H3. The van der Waals surface area contributed by atoms with Crippen LogP contribution in [0.15, 0.2) is 0 Å². The van der Waals surface area contributed by atoms with Crippen molar-refractivity contribution in [2.45, 2.75) is 65.0 Å². The van der Waals surface area contributed by atoms with E-state index in [-0.39, 0.29) is 37.3 Å². The summed E-state index contributed by atoms with van der Waals surface area (Å²) in [5.41, 5.74) is 0. The van der Waals surface area contributed by atoms with Crippen LogP contribution >= 0.6 is 0 Å². The molecule has 5 nitrogen and oxygen atoms in total. The number of rotatable bonds is 7. The first-order chi connectivity index (χ1) is 12.5. The Morgan fingerprint density at radius 1 is 1.22 bits per heavy atom. The van der Waals surface area contributed by atoms with E-state index in [4.69, 9.17) is 4.74 Å². The number of alkyl halides is 3. The fourth-order valence-electron chi connectivity index (χ4n) is 4.23. The van der Waals surface area contributed by atoms with Gasteiger partial charge in [0.15, 0.2) is 0 Å². The van der Waals surface area contributed by atoms with Gasteiger partial charge in [-0.25, -0.2) is 0 Å². The molecular weight excluding hydrogens is 359 g/mol. The summed E-state index contributed by atoms with van der Waals surface area (Å²) in [6.45, 7) is 10.1. The highest BCUT2D eigenvalue weighted by Gasteiger charge is 2.36. The van der Waals surface area contributed by atoms with Gasteiger partial charge in [0.1, 0.15) is 6.54 Å². The first-order valence-electron chi connectivity index (χ1n) is 10.00. The Hall–Kier alpha value is -0.860. The van der Waals surface area contributed by atoms with Gasteiger partial charge < -0.3 is 9.64 Å². The number of hydrogen-bond donors (Lipinski definition) is 0. The first-order valence-corrected chi connectivity index (χ1v) is 10.00. The molecule has 27 heavy (non-hydrogen) atoms. The fraction of sp³-hybridized carbons (Fsp3) is 0.947. The summed E-state index contributed by atoms with van der Waals surface area (Å²) in [5, 5.41) is 0. The summed E-state index contributed by atoms with van der Waals surface area (Å²) in [7, 11) is 0. The Bertz CT molecular complexity index is 477. The lowest BCUT2D eigenvalue weighted by Gasteiger charge is -2.38. The Morgan fingerprint density at radius 2 is 1.85 bits per heavy atom. The Morgan fingerprint density at radius 3 is 2.41 bits per heavy atom. The predicted octanol–water partition coefficient (Wildman–Crippen LogP) is 2.61. The molecule has 1 amide bonds. The van der Waals surface area contributed by atoms with Gasteiger partial charge in [0.2, 0.25) is 5.91 Å². The SMILES string of the molecule is CC(C)CN(CC(F)(F)F)C(=O)CN1CCCC1CN1CC(C)OC(C)C1. The zero-order chi connectivity index (χ0) is 20.2. The lowest BCUT2D eigenvalue weighted by Crippen LogP contribution is -2.52. The molecule has 0 aliphatic carbocycles. The lowest BCUT2D eigenvalue weighted by molar-refractivity contribution is -0.163. The number of amides is 1. The van der Waals surface area contributed by atoms with Crippen molar-refractivity contribution in [2.75, 3.05) is 45.8 Å². The van der Waals surface area contributed by atoms with Crippen LogP contribution < -0.4 is 0 Å². The highest BCUT2D eigenvalue weighted by molar-refractivity contribution is 5.78. The second-order valence-corrected chi connectivity index (χ2v) is 8.53. The molecule has 2 rings (SSSR count). The molecular formula is C19H34F3N3O2. The van der Waals surface area contributed by atoms with Crippen LogP contribution in [-0.4, -0.2) is 90.8 Å². The molecule has 0 aromatic carbocycles. The van der Waals surface area contributed by atoms with E-state index in [0.717, 1.165) is 43.9 Å². The monoisotopic (exact) mass is 393 g/mol. The van der Waals surface area contributed by atoms with Crippen molar-refractivity contribution in [2.24, 2.45) is 5.92 Å². The zero-order valence-electron chi connectivity index (χ0n) is 17.0. The van der Waals surface area contributed by atoms with E-state index in [0.29, 0.717) is 0 Å². The fourth-order valence-corrected chi connectivity index (χ4v) is 4.23. The van der Waals surface area contributed by atoms with Crippen LogP contribution in [0.2, 0.25) is 0 Å².